The van der Waals surface area contributed by atoms with Gasteiger partial charge >= 0.3 is 150 Å². The Morgan fingerprint density at radius 3 is 1.34 bits per heavy atom. The molecule has 7 aromatic carbocycles. The first-order chi connectivity index (χ1) is 70.5. The van der Waals surface area contributed by atoms with E-state index in [0.717, 1.165) is 176 Å². The van der Waals surface area contributed by atoms with Crippen molar-refractivity contribution in [3.8, 4) is 0 Å². The number of rotatable bonds is 38. The SMILES string of the molecule is C1CCOC1.CCCC(CC(=O)OCC)Nc1cc(C)ccc1N.CCCC(CC(=O)OCC)Nc1cc(C)ccc1[N+](=O)[O-].CCCC(CC(=O)OCC)n1c(=O)[nH]c2ccc(C)cc21.CCCC(CC(=O)OCC)n1c(=O)n(Cc2cn(C)c3cccc(C)c23)c2ccc(C)cc21.CCCC(N)CC(=O)OCC.CO.CO.Cc1ccc([N+](=O)[O-])c(F)c1.Cc1cccc2c1c(C[N+](C)(C)C)cn2C.O=CO[O-].[2H]CI.[H-].[I-].[K+].[K+]. The first kappa shape index (κ1) is 144. The predicted octanol–water partition coefficient (Wildman–Crippen LogP) is 11.2. The standard InChI is InChI=1S/C27H33N3O3.C16H22N2O3.C15H22N2O4.C15H24N2O2.C14H21N2.C8H17NO2.C7H6FNO2.C4H8O.CH3I.CH2O3.2CH4O.HI.2K.H/c1-6-9-21(15-25(31)33-7-2)30-24-14-18(3)12-13-22(24)29(27(30)32)17-20-16-28(5)23-11-8-10-19(4)26(20)23;1-4-6-12(10-15(19)21-5-2)18-14-9-11(3)7-8-13(14)17-16(18)20;1-4-6-12(10-15(18)21-5-2)16-13-9-11(3)7-8-14(13)17(19)20;1-4-6-12(10-15(18)19-5-2)17-14-9-11(3)7-8-13(14)16;1-11-7-6-8-13-14(11)12(9-15(13)2)10-16(3,4)5;1-3-5-7(9)6-8(10)11-4-2;1-5-2-3-7(9(10)11)6(8)4-5;1-2-4-5-3-1;1-2;2-1-4-3;2*1-2;;;;/h8,10-14,16,21H,6-7,9,15,17H2,1-5H3;7-9,12H,4-6,10H2,1-3H3,(H,17,20);7-9,12,16H,4-6,10H2,1-3H3;7-9,12,17H,4-6,10,16H2,1-3H3;6-9H,10H2,1-5H3;7H,3-6,9H2,1-2H3;2-4H,1H3;1-4H2;1H3;1,3H;2*2H,1H3;1H;;;/q;;;;+1;;;;;;;;;2*+1;-1/p-2/i;;;;;;;;1D;;;;;;;. The molecule has 1 saturated heterocycles. The summed E-state index contributed by atoms with van der Waals surface area (Å²) in [5.41, 5.74) is 28.9. The Balaban J connectivity index is -0.000000835. The molecular formula is C110H166FI2K2N13O22. The third-order valence-electron chi connectivity index (χ3n) is 22.5. The summed E-state index contributed by atoms with van der Waals surface area (Å²) in [6.45, 7) is 38.4. The molecular weight excluding hydrogens is 2210 g/mol. The molecule has 0 spiro atoms. The molecule has 12 rings (SSSR count). The van der Waals surface area contributed by atoms with E-state index in [9.17, 15) is 58.2 Å². The van der Waals surface area contributed by atoms with E-state index in [1.54, 1.807) is 51.3 Å². The van der Waals surface area contributed by atoms with Gasteiger partial charge in [-0.15, -0.1) is 0 Å². The summed E-state index contributed by atoms with van der Waals surface area (Å²) in [5, 5.41) is 52.7. The normalized spacial score (nSPS) is 11.8. The van der Waals surface area contributed by atoms with Crippen LogP contribution in [0.5, 0.6) is 0 Å². The number of ether oxygens (including phenoxy) is 6. The van der Waals surface area contributed by atoms with Crippen molar-refractivity contribution in [2.24, 2.45) is 19.8 Å². The third kappa shape index (κ3) is 52.7. The Kier molecular flexibility index (Phi) is 77.8. The number of aromatic nitrogens is 6. The maximum Gasteiger partial charge on any atom is 1.00 e. The van der Waals surface area contributed by atoms with Crippen LogP contribution in [0.15, 0.2) is 149 Å². The molecule has 5 heterocycles. The summed E-state index contributed by atoms with van der Waals surface area (Å²) in [6, 6.07) is 38.8. The molecule has 35 nitrogen and oxygen atoms in total. The first-order valence-corrected chi connectivity index (χ1v) is 51.4. The summed E-state index contributed by atoms with van der Waals surface area (Å²) in [7, 11) is 12.9. The molecule has 0 amide bonds. The van der Waals surface area contributed by atoms with Crippen molar-refractivity contribution in [3.63, 3.8) is 0 Å². The number of esters is 5. The van der Waals surface area contributed by atoms with Crippen LogP contribution < -0.4 is 165 Å². The fraction of sp³-hybridized carbons (Fsp3) is 0.509. The van der Waals surface area contributed by atoms with Gasteiger partial charge in [-0.25, -0.2) is 9.59 Å². The van der Waals surface area contributed by atoms with Gasteiger partial charge in [0.25, 0.3) is 12.2 Å². The van der Waals surface area contributed by atoms with Gasteiger partial charge in [-0.3, -0.25) is 62.7 Å². The number of halogens is 3. The number of anilines is 3. The molecule has 4 aromatic heterocycles. The number of nitro benzene ring substituents is 2. The fourth-order valence-corrected chi connectivity index (χ4v) is 16.3. The average molecular weight is 2370 g/mol. The number of fused-ring (bicyclic) bond motifs is 4. The van der Waals surface area contributed by atoms with E-state index < -0.39 is 21.4 Å². The first-order valence-electron chi connectivity index (χ1n) is 50.6. The number of hydrogen-bond donors (Lipinski definition) is 7. The number of aliphatic hydroxyl groups is 2. The van der Waals surface area contributed by atoms with E-state index in [1.165, 1.54) is 58.0 Å². The zero-order chi connectivity index (χ0) is 112. The molecule has 40 heteroatoms. The minimum atomic E-state index is -0.782. The largest absolute Gasteiger partial charge is 1.00 e. The number of aryl methyl sites for hydroxylation is 9. The molecule has 0 bridgehead atoms. The zero-order valence-corrected chi connectivity index (χ0v) is 104. The minimum absolute atomic E-state index is 0. The summed E-state index contributed by atoms with van der Waals surface area (Å²) in [5.74, 6) is -1.95. The van der Waals surface area contributed by atoms with E-state index in [-0.39, 0.29) is 231 Å². The van der Waals surface area contributed by atoms with Crippen LogP contribution in [0, 0.1) is 74.5 Å². The van der Waals surface area contributed by atoms with Crippen molar-refractivity contribution in [2.45, 2.75) is 270 Å². The smallest absolute Gasteiger partial charge is 1.00 e. The van der Waals surface area contributed by atoms with E-state index in [4.69, 9.17) is 61.5 Å². The van der Waals surface area contributed by atoms with Crippen LogP contribution >= 0.6 is 22.6 Å². The van der Waals surface area contributed by atoms with E-state index in [2.05, 4.69) is 140 Å². The average Bonchev–Trinajstić information content (AvgIpc) is 1.59. The van der Waals surface area contributed by atoms with Crippen molar-refractivity contribution in [1.82, 2.24) is 27.8 Å². The Morgan fingerprint density at radius 1 is 0.540 bits per heavy atom. The van der Waals surface area contributed by atoms with Gasteiger partial charge < -0.3 is 115 Å². The number of aliphatic hydroxyl groups excluding tert-OH is 2. The number of nitrogens with one attached hydrogen (secondary N) is 3. The van der Waals surface area contributed by atoms with Crippen molar-refractivity contribution < 1.29 is 226 Å². The van der Waals surface area contributed by atoms with Crippen LogP contribution in [-0.2, 0) is 89.3 Å². The zero-order valence-electron chi connectivity index (χ0n) is 95.3. The third-order valence-corrected chi connectivity index (χ3v) is 22.5. The van der Waals surface area contributed by atoms with Gasteiger partial charge in [0.2, 0.25) is 5.82 Å². The molecule has 0 aliphatic carbocycles. The number of carbonyl (C=O) groups is 6. The van der Waals surface area contributed by atoms with E-state index in [0.29, 0.717) is 74.3 Å². The van der Waals surface area contributed by atoms with Gasteiger partial charge in [0.05, 0.1) is 136 Å². The van der Waals surface area contributed by atoms with Gasteiger partial charge in [0, 0.05) is 125 Å². The number of H-pyrrole nitrogens is 1. The van der Waals surface area contributed by atoms with Crippen molar-refractivity contribution in [2.75, 3.05) is 103 Å². The Morgan fingerprint density at radius 2 is 0.920 bits per heavy atom. The number of quaternary nitrogens is 1. The molecule has 1 aliphatic rings. The number of alkyl halides is 1. The van der Waals surface area contributed by atoms with Gasteiger partial charge in [-0.2, -0.15) is 4.39 Å². The molecule has 150 heavy (non-hydrogen) atoms. The maximum atomic E-state index is 13.9. The molecule has 11 aromatic rings. The van der Waals surface area contributed by atoms with E-state index in [1.807, 2.05) is 143 Å². The Bertz CT molecular complexity index is 5960. The fourth-order valence-electron chi connectivity index (χ4n) is 16.3. The number of carbonyl (C=O) groups excluding carboxylic acids is 6. The van der Waals surface area contributed by atoms with Crippen molar-refractivity contribution in [3.05, 3.63) is 237 Å². The van der Waals surface area contributed by atoms with Crippen molar-refractivity contribution in [1.29, 1.82) is 0 Å². The Labute approximate surface area is 1000 Å². The second-order valence-corrected chi connectivity index (χ2v) is 35.8. The molecule has 826 valence electrons. The molecule has 0 radical (unpaired) electrons. The van der Waals surface area contributed by atoms with Crippen LogP contribution in [-0.4, -0.2) is 193 Å². The van der Waals surface area contributed by atoms with Gasteiger partial charge in [0.1, 0.15) is 12.2 Å². The predicted molar refractivity (Wildman–Crippen MR) is 592 cm³/mol. The number of imidazole rings is 2. The molecule has 1 fully saturated rings. The maximum absolute atomic E-state index is 13.9. The van der Waals surface area contributed by atoms with Crippen LogP contribution in [0.3, 0.4) is 0 Å². The van der Waals surface area contributed by atoms with Gasteiger partial charge in [-0.05, 0) is 238 Å². The molecule has 9 N–H and O–H groups in total. The quantitative estimate of drug-likeness (QED) is 0.00161. The number of nitrogens with zero attached hydrogens (tertiary/aromatic N) is 8. The number of nitrogens with two attached hydrogens (primary N) is 2. The summed E-state index contributed by atoms with van der Waals surface area (Å²) >= 11 is 1.96. The number of nitro groups is 2. The molecule has 0 saturated carbocycles. The monoisotopic (exact) mass is 2370 g/mol. The topological polar surface area (TPSA) is 468 Å². The number of benzene rings is 7. The summed E-state index contributed by atoms with van der Waals surface area (Å²) in [6.07, 6.45) is 17.0. The van der Waals surface area contributed by atoms with Crippen LogP contribution in [0.2, 0.25) is 0 Å². The van der Waals surface area contributed by atoms with Crippen molar-refractivity contribution >= 4 is 131 Å². The minimum Gasteiger partial charge on any atom is -1.00 e. The number of hydrogen-bond acceptors (Lipinski definition) is 26. The van der Waals surface area contributed by atoms with Crippen LogP contribution in [0.4, 0.5) is 32.8 Å². The number of nitrogen functional groups attached to an aromatic ring is 1. The second kappa shape index (κ2) is 81.3. The van der Waals surface area contributed by atoms with Gasteiger partial charge in [0.15, 0.2) is 0 Å². The Hall–Kier alpha value is -8.40. The molecule has 5 unspecified atom stereocenters. The van der Waals surface area contributed by atoms with Crippen LogP contribution in [0.1, 0.15) is 243 Å². The summed E-state index contributed by atoms with van der Waals surface area (Å²) < 4.78 is 59.4. The molecule has 1 aliphatic heterocycles. The number of aromatic amines is 1. The van der Waals surface area contributed by atoms with Crippen LogP contribution in [0.25, 0.3) is 43.9 Å². The second-order valence-electron chi connectivity index (χ2n) is 35.8. The molecule has 5 atom stereocenters. The summed E-state index contributed by atoms with van der Waals surface area (Å²) in [4.78, 5) is 119. The van der Waals surface area contributed by atoms with Gasteiger partial charge in [-0.1, -0.05) is 144 Å². The van der Waals surface area contributed by atoms with E-state index >= 15 is 0 Å².